The van der Waals surface area contributed by atoms with E-state index in [1.54, 1.807) is 21.3 Å². The number of halogens is 3. The van der Waals surface area contributed by atoms with E-state index in [9.17, 15) is 4.79 Å². The summed E-state index contributed by atoms with van der Waals surface area (Å²) < 4.78 is 25.0. The SMILES string of the molecule is COc1ccc([C@@H]2CC(=O)c3c(cc(OC)c(CCC(C)(C)Cl)c3OC)O2)c(C/C=C(\I)CCCC(C)(C)Cl)c1C. The molecule has 0 amide bonds. The summed E-state index contributed by atoms with van der Waals surface area (Å²) in [6, 6.07) is 5.79. The fourth-order valence-electron chi connectivity index (χ4n) is 5.26. The molecule has 8 heteroatoms. The molecule has 1 heterocycles. The molecule has 2 aromatic carbocycles. The van der Waals surface area contributed by atoms with Crippen LogP contribution >= 0.6 is 45.8 Å². The zero-order valence-corrected chi connectivity index (χ0v) is 29.2. The molecule has 0 fully saturated rings. The number of Topliss-reactive ketones (excluding diaryl/α,β-unsaturated/α-hetero) is 1. The Labute approximate surface area is 269 Å². The number of ketones is 1. The van der Waals surface area contributed by atoms with Crippen molar-refractivity contribution in [1.29, 1.82) is 0 Å². The van der Waals surface area contributed by atoms with E-state index in [1.165, 1.54) is 3.58 Å². The van der Waals surface area contributed by atoms with E-state index in [1.807, 2.05) is 45.9 Å². The molecule has 41 heavy (non-hydrogen) atoms. The second-order valence-electron chi connectivity index (χ2n) is 11.8. The summed E-state index contributed by atoms with van der Waals surface area (Å²) >= 11 is 15.3. The molecule has 0 N–H and O–H groups in total. The highest BCUT2D eigenvalue weighted by Crippen LogP contribution is 2.47. The Morgan fingerprint density at radius 2 is 1.68 bits per heavy atom. The van der Waals surface area contributed by atoms with Crippen LogP contribution in [-0.2, 0) is 12.8 Å². The van der Waals surface area contributed by atoms with Crippen molar-refractivity contribution in [2.24, 2.45) is 0 Å². The second-order valence-corrected chi connectivity index (χ2v) is 15.2. The van der Waals surface area contributed by atoms with Gasteiger partial charge >= 0.3 is 0 Å². The Morgan fingerprint density at radius 1 is 1.02 bits per heavy atom. The third-order valence-corrected chi connectivity index (χ3v) is 8.84. The number of allylic oxidation sites excluding steroid dienone is 2. The summed E-state index contributed by atoms with van der Waals surface area (Å²) in [7, 11) is 4.88. The van der Waals surface area contributed by atoms with Gasteiger partial charge in [-0.3, -0.25) is 4.79 Å². The molecule has 0 radical (unpaired) electrons. The predicted octanol–water partition coefficient (Wildman–Crippen LogP) is 9.73. The lowest BCUT2D eigenvalue weighted by Gasteiger charge is -2.30. The molecule has 0 bridgehead atoms. The zero-order chi connectivity index (χ0) is 30.5. The normalized spacial score (nSPS) is 15.8. The van der Waals surface area contributed by atoms with Gasteiger partial charge in [0.2, 0.25) is 0 Å². The van der Waals surface area contributed by atoms with Crippen LogP contribution in [0.15, 0.2) is 27.9 Å². The first kappa shape index (κ1) is 33.9. The van der Waals surface area contributed by atoms with Crippen LogP contribution < -0.4 is 18.9 Å². The van der Waals surface area contributed by atoms with Crippen molar-refractivity contribution in [3.05, 3.63) is 55.7 Å². The Balaban J connectivity index is 1.97. The smallest absolute Gasteiger partial charge is 0.174 e. The minimum Gasteiger partial charge on any atom is -0.496 e. The third kappa shape index (κ3) is 8.93. The van der Waals surface area contributed by atoms with Crippen molar-refractivity contribution >= 4 is 51.6 Å². The van der Waals surface area contributed by atoms with Crippen LogP contribution in [0.1, 0.15) is 98.5 Å². The Hall–Kier alpha value is -1.64. The van der Waals surface area contributed by atoms with Crippen LogP contribution in [0.2, 0.25) is 0 Å². The Bertz CT molecular complexity index is 1270. The average molecular weight is 718 g/mol. The maximum atomic E-state index is 13.7. The molecule has 0 unspecified atom stereocenters. The number of hydrogen-bond donors (Lipinski definition) is 0. The van der Waals surface area contributed by atoms with Crippen molar-refractivity contribution in [1.82, 2.24) is 0 Å². The quantitative estimate of drug-likeness (QED) is 0.153. The summed E-state index contributed by atoms with van der Waals surface area (Å²) in [4.78, 5) is 13.1. The summed E-state index contributed by atoms with van der Waals surface area (Å²) in [5, 5.41) is 0. The number of fused-ring (bicyclic) bond motifs is 1. The molecule has 1 aliphatic heterocycles. The lowest BCUT2D eigenvalue weighted by molar-refractivity contribution is 0.0842. The summed E-state index contributed by atoms with van der Waals surface area (Å²) in [5.41, 5.74) is 4.43. The van der Waals surface area contributed by atoms with Gasteiger partial charge in [0.1, 0.15) is 34.7 Å². The van der Waals surface area contributed by atoms with Gasteiger partial charge in [-0.15, -0.1) is 23.2 Å². The lowest BCUT2D eigenvalue weighted by atomic mass is 9.88. The molecule has 1 atom stereocenters. The van der Waals surface area contributed by atoms with Crippen LogP contribution in [0.25, 0.3) is 0 Å². The molecule has 2 aromatic rings. The minimum absolute atomic E-state index is 0.0182. The summed E-state index contributed by atoms with van der Waals surface area (Å²) in [6.07, 6.45) is 6.99. The predicted molar refractivity (Wildman–Crippen MR) is 177 cm³/mol. The number of hydrogen-bond acceptors (Lipinski definition) is 5. The first-order valence-corrected chi connectivity index (χ1v) is 15.9. The summed E-state index contributed by atoms with van der Waals surface area (Å²) in [6.45, 7) is 10.1. The number of carbonyl (C=O) groups is 1. The molecule has 0 aromatic heterocycles. The number of alkyl halides is 2. The van der Waals surface area contributed by atoms with Gasteiger partial charge in [0.15, 0.2) is 5.78 Å². The standard InChI is InChI=1S/C33H43Cl2IO5/c1-20-22(12-11-21(36)10-9-16-32(2,3)34)23(13-14-26(20)38-6)28-18-25(37)30-29(41-28)19-27(39-7)24(31(30)40-8)15-17-33(4,5)35/h11,13-14,19,28H,9-10,12,15-18H2,1-8H3/b21-11-/t28-/m0/s1. The first-order valence-electron chi connectivity index (χ1n) is 14.1. The highest BCUT2D eigenvalue weighted by Gasteiger charge is 2.35. The minimum atomic E-state index is -0.445. The average Bonchev–Trinajstić information content (AvgIpc) is 2.88. The van der Waals surface area contributed by atoms with Crippen molar-refractivity contribution < 1.29 is 23.7 Å². The molecule has 5 nitrogen and oxygen atoms in total. The van der Waals surface area contributed by atoms with E-state index in [0.717, 1.165) is 47.3 Å². The third-order valence-electron chi connectivity index (χ3n) is 7.49. The monoisotopic (exact) mass is 716 g/mol. The van der Waals surface area contributed by atoms with Gasteiger partial charge in [-0.2, -0.15) is 0 Å². The number of methoxy groups -OCH3 is 3. The highest BCUT2D eigenvalue weighted by atomic mass is 127. The first-order chi connectivity index (χ1) is 19.2. The van der Waals surface area contributed by atoms with Crippen molar-refractivity contribution in [3.8, 4) is 23.0 Å². The van der Waals surface area contributed by atoms with Gasteiger partial charge < -0.3 is 18.9 Å². The maximum absolute atomic E-state index is 13.7. The molecule has 3 rings (SSSR count). The van der Waals surface area contributed by atoms with Crippen LogP contribution in [-0.4, -0.2) is 36.9 Å². The van der Waals surface area contributed by atoms with E-state index >= 15 is 0 Å². The highest BCUT2D eigenvalue weighted by molar-refractivity contribution is 14.1. The van der Waals surface area contributed by atoms with Gasteiger partial charge in [0, 0.05) is 21.4 Å². The molecular formula is C33H43Cl2IO5. The van der Waals surface area contributed by atoms with Crippen molar-refractivity contribution in [2.45, 2.75) is 95.4 Å². The van der Waals surface area contributed by atoms with Crippen LogP contribution in [0, 0.1) is 6.92 Å². The molecule has 226 valence electrons. The molecule has 0 saturated heterocycles. The van der Waals surface area contributed by atoms with Crippen molar-refractivity contribution in [2.75, 3.05) is 21.3 Å². The van der Waals surface area contributed by atoms with Gasteiger partial charge in [-0.1, -0.05) is 12.1 Å². The molecular weight excluding hydrogens is 674 g/mol. The van der Waals surface area contributed by atoms with E-state index in [-0.39, 0.29) is 17.1 Å². The van der Waals surface area contributed by atoms with Gasteiger partial charge in [0.25, 0.3) is 0 Å². The fourth-order valence-corrected chi connectivity index (χ4v) is 6.09. The number of carbonyl (C=O) groups excluding carboxylic acids is 1. The number of ether oxygens (including phenoxy) is 4. The van der Waals surface area contributed by atoms with E-state index in [2.05, 4.69) is 35.6 Å². The van der Waals surface area contributed by atoms with E-state index in [0.29, 0.717) is 42.1 Å². The molecule has 0 spiro atoms. The van der Waals surface area contributed by atoms with Gasteiger partial charge in [0.05, 0.1) is 27.8 Å². The molecule has 1 aliphatic rings. The van der Waals surface area contributed by atoms with Crippen molar-refractivity contribution in [3.63, 3.8) is 0 Å². The topological polar surface area (TPSA) is 54.0 Å². The van der Waals surface area contributed by atoms with Crippen LogP contribution in [0.5, 0.6) is 23.0 Å². The zero-order valence-electron chi connectivity index (χ0n) is 25.5. The second kappa shape index (κ2) is 14.2. The lowest BCUT2D eigenvalue weighted by Crippen LogP contribution is -2.23. The van der Waals surface area contributed by atoms with E-state index in [4.69, 9.17) is 42.1 Å². The van der Waals surface area contributed by atoms with Gasteiger partial charge in [-0.05, 0) is 122 Å². The molecule has 0 aliphatic carbocycles. The molecule has 0 saturated carbocycles. The number of rotatable bonds is 13. The maximum Gasteiger partial charge on any atom is 0.174 e. The largest absolute Gasteiger partial charge is 0.496 e. The Morgan fingerprint density at radius 3 is 2.27 bits per heavy atom. The number of benzene rings is 2. The van der Waals surface area contributed by atoms with Crippen LogP contribution in [0.4, 0.5) is 0 Å². The fraction of sp³-hybridized carbons (Fsp3) is 0.545. The van der Waals surface area contributed by atoms with Crippen LogP contribution in [0.3, 0.4) is 0 Å². The summed E-state index contributed by atoms with van der Waals surface area (Å²) in [5.74, 6) is 2.40. The van der Waals surface area contributed by atoms with E-state index < -0.39 is 11.0 Å². The van der Waals surface area contributed by atoms with Gasteiger partial charge in [-0.25, -0.2) is 0 Å². The Kier molecular flexibility index (Phi) is 11.7.